The Hall–Kier alpha value is -2.68. The molecule has 0 amide bonds. The van der Waals surface area contributed by atoms with Crippen molar-refractivity contribution < 1.29 is 14.7 Å². The standard InChI is InChI=1S/C45H74O3/c1-2-3-4-5-6-7-8-9-10-11-12-13-14-15-16-17-18-19-20-21-22-23-26-29-32-35-38-41-44(46)42-39-36-33-30-27-24-25-28-31-34-37-40-43-45(47)48/h24-25,27-28,30-31,33-34,36-37,39-40,42-43H,2-23,26,29,32,35,38,41H2,1H3,(H,47,48). The summed E-state index contributed by atoms with van der Waals surface area (Å²) < 4.78 is 0. The first-order chi connectivity index (χ1) is 23.7. The molecular weight excluding hydrogens is 588 g/mol. The number of carboxylic acid groups (broad SMARTS) is 1. The monoisotopic (exact) mass is 663 g/mol. The van der Waals surface area contributed by atoms with E-state index in [9.17, 15) is 9.59 Å². The smallest absolute Gasteiger partial charge is 0.328 e. The lowest BCUT2D eigenvalue weighted by Gasteiger charge is -2.04. The molecule has 0 aromatic carbocycles. The van der Waals surface area contributed by atoms with E-state index in [0.717, 1.165) is 18.9 Å². The Morgan fingerprint density at radius 1 is 0.333 bits per heavy atom. The molecule has 48 heavy (non-hydrogen) atoms. The highest BCUT2D eigenvalue weighted by Crippen LogP contribution is 2.16. The summed E-state index contributed by atoms with van der Waals surface area (Å²) in [6.07, 6.45) is 62.9. The van der Waals surface area contributed by atoms with Crippen molar-refractivity contribution in [3.05, 3.63) is 85.1 Å². The molecule has 0 atom stereocenters. The molecule has 0 radical (unpaired) electrons. The second-order valence-corrected chi connectivity index (χ2v) is 13.4. The molecule has 0 bridgehead atoms. The van der Waals surface area contributed by atoms with Crippen LogP contribution in [0.1, 0.15) is 187 Å². The highest BCUT2D eigenvalue weighted by atomic mass is 16.4. The summed E-state index contributed by atoms with van der Waals surface area (Å²) in [5.41, 5.74) is 0. The molecule has 0 aliphatic rings. The number of unbranched alkanes of at least 4 members (excludes halogenated alkanes) is 26. The molecule has 272 valence electrons. The van der Waals surface area contributed by atoms with Crippen molar-refractivity contribution in [2.75, 3.05) is 0 Å². The summed E-state index contributed by atoms with van der Waals surface area (Å²) in [6, 6.07) is 0. The van der Waals surface area contributed by atoms with Gasteiger partial charge in [-0.3, -0.25) is 4.79 Å². The van der Waals surface area contributed by atoms with Crippen LogP contribution in [0.3, 0.4) is 0 Å². The average Bonchev–Trinajstić information content (AvgIpc) is 3.08. The molecule has 3 heteroatoms. The van der Waals surface area contributed by atoms with Gasteiger partial charge in [-0.1, -0.05) is 247 Å². The minimum Gasteiger partial charge on any atom is -0.478 e. The number of hydrogen-bond acceptors (Lipinski definition) is 2. The summed E-state index contributed by atoms with van der Waals surface area (Å²) in [7, 11) is 0. The van der Waals surface area contributed by atoms with Crippen LogP contribution >= 0.6 is 0 Å². The molecule has 0 unspecified atom stereocenters. The van der Waals surface area contributed by atoms with Gasteiger partial charge >= 0.3 is 5.97 Å². The molecule has 0 heterocycles. The molecule has 1 N–H and O–H groups in total. The largest absolute Gasteiger partial charge is 0.478 e. The number of hydrogen-bond donors (Lipinski definition) is 1. The van der Waals surface area contributed by atoms with Crippen LogP contribution < -0.4 is 0 Å². The van der Waals surface area contributed by atoms with Gasteiger partial charge in [0, 0.05) is 12.5 Å². The Morgan fingerprint density at radius 2 is 0.562 bits per heavy atom. The Morgan fingerprint density at radius 3 is 0.833 bits per heavy atom. The fourth-order valence-corrected chi connectivity index (χ4v) is 5.82. The SMILES string of the molecule is CCCCCCCCCCCCCCCCCCCCCCCCCCCCCC(=O)C=CC=CC=CC=CC=CC=CC=CC(=O)O. The van der Waals surface area contributed by atoms with Gasteiger partial charge in [-0.15, -0.1) is 0 Å². The fraction of sp³-hybridized carbons (Fsp3) is 0.644. The van der Waals surface area contributed by atoms with E-state index < -0.39 is 5.97 Å². The zero-order valence-corrected chi connectivity index (χ0v) is 31.1. The Bertz CT molecular complexity index is 915. The lowest BCUT2D eigenvalue weighted by molar-refractivity contribution is -0.131. The molecule has 0 aromatic heterocycles. The fourth-order valence-electron chi connectivity index (χ4n) is 5.82. The highest BCUT2D eigenvalue weighted by Gasteiger charge is 1.98. The summed E-state index contributed by atoms with van der Waals surface area (Å²) >= 11 is 0. The number of aliphatic carboxylic acids is 1. The van der Waals surface area contributed by atoms with Crippen LogP contribution in [-0.4, -0.2) is 16.9 Å². The highest BCUT2D eigenvalue weighted by molar-refractivity contribution is 5.89. The van der Waals surface area contributed by atoms with E-state index in [1.807, 2.05) is 54.7 Å². The van der Waals surface area contributed by atoms with E-state index in [1.54, 1.807) is 18.2 Å². The lowest BCUT2D eigenvalue weighted by Crippen LogP contribution is -1.92. The second kappa shape index (κ2) is 40.5. The number of rotatable bonds is 36. The Labute approximate surface area is 297 Å². The second-order valence-electron chi connectivity index (χ2n) is 13.4. The first-order valence-corrected chi connectivity index (χ1v) is 20.1. The number of allylic oxidation sites excluding steroid dienone is 13. The first kappa shape index (κ1) is 45.3. The van der Waals surface area contributed by atoms with E-state index in [4.69, 9.17) is 5.11 Å². The average molecular weight is 663 g/mol. The van der Waals surface area contributed by atoms with Crippen LogP contribution in [0.15, 0.2) is 85.1 Å². The zero-order chi connectivity index (χ0) is 34.9. The molecular formula is C45H74O3. The molecule has 0 rings (SSSR count). The molecule has 0 aromatic rings. The molecule has 0 saturated heterocycles. The maximum atomic E-state index is 12.0. The van der Waals surface area contributed by atoms with Crippen LogP contribution in [0.25, 0.3) is 0 Å². The van der Waals surface area contributed by atoms with Crippen LogP contribution in [0.4, 0.5) is 0 Å². The quantitative estimate of drug-likeness (QED) is 0.0413. The minimum atomic E-state index is -0.956. The lowest BCUT2D eigenvalue weighted by atomic mass is 10.0. The third-order valence-electron chi connectivity index (χ3n) is 8.77. The van der Waals surface area contributed by atoms with Crippen molar-refractivity contribution in [1.29, 1.82) is 0 Å². The van der Waals surface area contributed by atoms with Gasteiger partial charge in [-0.25, -0.2) is 4.79 Å². The topological polar surface area (TPSA) is 54.4 Å². The first-order valence-electron chi connectivity index (χ1n) is 20.1. The molecule has 0 fully saturated rings. The normalized spacial score (nSPS) is 12.6. The van der Waals surface area contributed by atoms with Crippen LogP contribution in [0, 0.1) is 0 Å². The van der Waals surface area contributed by atoms with E-state index in [1.165, 1.54) is 167 Å². The predicted octanol–water partition coefficient (Wildman–Crippen LogP) is 14.5. The molecule has 0 aliphatic carbocycles. The number of carbonyl (C=O) groups excluding carboxylic acids is 1. The minimum absolute atomic E-state index is 0.208. The van der Waals surface area contributed by atoms with Gasteiger partial charge in [-0.05, 0) is 12.5 Å². The van der Waals surface area contributed by atoms with E-state index in [2.05, 4.69) is 6.92 Å². The summed E-state index contributed by atoms with van der Waals surface area (Å²) in [5.74, 6) is -0.748. The van der Waals surface area contributed by atoms with E-state index in [-0.39, 0.29) is 5.78 Å². The van der Waals surface area contributed by atoms with Crippen molar-refractivity contribution in [3.63, 3.8) is 0 Å². The summed E-state index contributed by atoms with van der Waals surface area (Å²) in [6.45, 7) is 2.30. The number of ketones is 1. The summed E-state index contributed by atoms with van der Waals surface area (Å²) in [5, 5.41) is 8.48. The molecule has 3 nitrogen and oxygen atoms in total. The van der Waals surface area contributed by atoms with Crippen LogP contribution in [-0.2, 0) is 9.59 Å². The van der Waals surface area contributed by atoms with Crippen LogP contribution in [0.2, 0.25) is 0 Å². The Kier molecular flexibility index (Phi) is 38.2. The van der Waals surface area contributed by atoms with Gasteiger partial charge in [-0.2, -0.15) is 0 Å². The third kappa shape index (κ3) is 41.3. The Balaban J connectivity index is 3.37. The van der Waals surface area contributed by atoms with E-state index in [0.29, 0.717) is 6.42 Å². The summed E-state index contributed by atoms with van der Waals surface area (Å²) in [4.78, 5) is 22.4. The van der Waals surface area contributed by atoms with Gasteiger partial charge in [0.2, 0.25) is 0 Å². The number of carboxylic acids is 1. The maximum Gasteiger partial charge on any atom is 0.328 e. The van der Waals surface area contributed by atoms with E-state index >= 15 is 0 Å². The van der Waals surface area contributed by atoms with Crippen molar-refractivity contribution >= 4 is 11.8 Å². The number of carbonyl (C=O) groups is 2. The predicted molar refractivity (Wildman–Crippen MR) is 212 cm³/mol. The van der Waals surface area contributed by atoms with Crippen molar-refractivity contribution in [2.45, 2.75) is 187 Å². The zero-order valence-electron chi connectivity index (χ0n) is 31.1. The molecule has 0 saturated carbocycles. The van der Waals surface area contributed by atoms with Gasteiger partial charge in [0.05, 0.1) is 0 Å². The van der Waals surface area contributed by atoms with Gasteiger partial charge in [0.15, 0.2) is 5.78 Å². The van der Waals surface area contributed by atoms with Crippen molar-refractivity contribution in [1.82, 2.24) is 0 Å². The molecule has 0 spiro atoms. The van der Waals surface area contributed by atoms with Gasteiger partial charge in [0.25, 0.3) is 0 Å². The third-order valence-corrected chi connectivity index (χ3v) is 8.77. The maximum absolute atomic E-state index is 12.0. The van der Waals surface area contributed by atoms with Gasteiger partial charge < -0.3 is 5.11 Å². The van der Waals surface area contributed by atoms with Crippen molar-refractivity contribution in [2.24, 2.45) is 0 Å². The van der Waals surface area contributed by atoms with Gasteiger partial charge in [0.1, 0.15) is 0 Å². The van der Waals surface area contributed by atoms with Crippen LogP contribution in [0.5, 0.6) is 0 Å². The molecule has 0 aliphatic heterocycles. The van der Waals surface area contributed by atoms with Crippen molar-refractivity contribution in [3.8, 4) is 0 Å².